The zero-order chi connectivity index (χ0) is 53.9. The van der Waals surface area contributed by atoms with Crippen molar-refractivity contribution in [1.82, 2.24) is 4.57 Å². The molecule has 2 aliphatic rings. The number of rotatable bonds is 8. The SMILES string of the molecule is c1ccc(-c2ccccc2N(c2ccc(-c3cc(-c4cccc5c4sc4ccccc45)cc(-c4cccc5c4c4ccccc4n5-c4ccccc4)c3)cc2)c2ccc3c(c2)C2(c4ccccc4-c4ccccc42)c2ccccc2-3)cc1. The molecule has 0 unspecified atom stereocenters. The third-order valence-electron chi connectivity index (χ3n) is 17.6. The lowest BCUT2D eigenvalue weighted by Gasteiger charge is -2.32. The van der Waals surface area contributed by atoms with Crippen LogP contribution in [0, 0.1) is 0 Å². The summed E-state index contributed by atoms with van der Waals surface area (Å²) in [6.45, 7) is 0. The van der Waals surface area contributed by atoms with Crippen LogP contribution in [0.4, 0.5) is 17.1 Å². The summed E-state index contributed by atoms with van der Waals surface area (Å²) in [5.74, 6) is 0. The van der Waals surface area contributed by atoms with Gasteiger partial charge in [-0.15, -0.1) is 11.3 Å². The molecule has 2 nitrogen and oxygen atoms in total. The Kier molecular flexibility index (Phi) is 10.4. The third kappa shape index (κ3) is 6.87. The number of nitrogens with zero attached hydrogens (tertiary/aromatic N) is 2. The van der Waals surface area contributed by atoms with Gasteiger partial charge in [0.2, 0.25) is 0 Å². The summed E-state index contributed by atoms with van der Waals surface area (Å²) in [6, 6.07) is 113. The molecule has 0 bridgehead atoms. The van der Waals surface area contributed by atoms with Gasteiger partial charge in [-0.1, -0.05) is 224 Å². The van der Waals surface area contributed by atoms with Crippen LogP contribution in [0.25, 0.3) is 114 Å². The van der Waals surface area contributed by atoms with Crippen LogP contribution in [-0.4, -0.2) is 4.57 Å². The highest BCUT2D eigenvalue weighted by molar-refractivity contribution is 7.26. The topological polar surface area (TPSA) is 8.17 Å². The van der Waals surface area contributed by atoms with Gasteiger partial charge >= 0.3 is 0 Å². The van der Waals surface area contributed by atoms with Crippen LogP contribution in [0.5, 0.6) is 0 Å². The molecule has 2 aliphatic carbocycles. The molecule has 0 amide bonds. The number of thiophene rings is 1. The van der Waals surface area contributed by atoms with E-state index in [1.165, 1.54) is 114 Å². The Morgan fingerprint density at radius 1 is 0.293 bits per heavy atom. The fourth-order valence-electron chi connectivity index (χ4n) is 14.2. The van der Waals surface area contributed by atoms with Crippen molar-refractivity contribution in [3.8, 4) is 72.4 Å². The van der Waals surface area contributed by atoms with Crippen molar-refractivity contribution < 1.29 is 0 Å². The van der Waals surface area contributed by atoms with E-state index in [2.05, 4.69) is 313 Å². The lowest BCUT2D eigenvalue weighted by molar-refractivity contribution is 0.793. The first-order chi connectivity index (χ1) is 40.7. The smallest absolute Gasteiger partial charge is 0.0726 e. The maximum absolute atomic E-state index is 2.50. The molecule has 1 spiro atoms. The van der Waals surface area contributed by atoms with Crippen LogP contribution in [0.3, 0.4) is 0 Å². The van der Waals surface area contributed by atoms with Gasteiger partial charge in [-0.25, -0.2) is 0 Å². The molecule has 0 atom stereocenters. The normalized spacial score (nSPS) is 12.7. The number of hydrogen-bond donors (Lipinski definition) is 0. The van der Waals surface area contributed by atoms with E-state index in [9.17, 15) is 0 Å². The molecule has 0 saturated carbocycles. The second-order valence-electron chi connectivity index (χ2n) is 21.8. The van der Waals surface area contributed by atoms with Crippen molar-refractivity contribution >= 4 is 70.4 Å². The maximum atomic E-state index is 2.50. The number of hydrogen-bond acceptors (Lipinski definition) is 2. The number of anilines is 3. The monoisotopic (exact) mass is 1060 g/mol. The van der Waals surface area contributed by atoms with Gasteiger partial charge in [0.1, 0.15) is 0 Å². The minimum atomic E-state index is -0.479. The molecule has 0 aliphatic heterocycles. The zero-order valence-corrected chi connectivity index (χ0v) is 45.5. The lowest BCUT2D eigenvalue weighted by atomic mass is 9.70. The van der Waals surface area contributed by atoms with Gasteiger partial charge in [0.05, 0.1) is 22.1 Å². The Labute approximate surface area is 480 Å². The minimum Gasteiger partial charge on any atom is -0.310 e. The highest BCUT2D eigenvalue weighted by Crippen LogP contribution is 2.63. The standard InChI is InChI=1S/C79H50N2S/c1-3-21-52(22-4-1)59-25-10-16-37-73(59)80(58-45-46-65-64-28-9-15-36-71(64)79(72(65)50-58)69-34-13-7-26-62(69)63-27-8-14-35-70(63)79)57-43-41-51(42-44-57)53-47-54(49-55(48-53)61-32-19-33-67-66-29-12-18-40-76(66)82-78(61)67)60-31-20-39-75-77(60)68-30-11-17-38-74(68)81(75)56-23-5-2-6-24-56/h1-50H. The first kappa shape index (κ1) is 46.6. The fraction of sp³-hybridized carbons (Fsp3) is 0.0127. The number of fused-ring (bicyclic) bond motifs is 16. The molecule has 13 aromatic carbocycles. The van der Waals surface area contributed by atoms with Crippen LogP contribution < -0.4 is 4.90 Å². The van der Waals surface area contributed by atoms with Crippen molar-refractivity contribution in [2.24, 2.45) is 0 Å². The Morgan fingerprint density at radius 2 is 0.805 bits per heavy atom. The van der Waals surface area contributed by atoms with E-state index in [1.54, 1.807) is 0 Å². The van der Waals surface area contributed by atoms with E-state index in [0.717, 1.165) is 39.4 Å². The number of aromatic nitrogens is 1. The molecular formula is C79H50N2S. The summed E-state index contributed by atoms with van der Waals surface area (Å²) >= 11 is 1.89. The van der Waals surface area contributed by atoms with Crippen molar-refractivity contribution in [2.75, 3.05) is 4.90 Å². The highest BCUT2D eigenvalue weighted by atomic mass is 32.1. The largest absolute Gasteiger partial charge is 0.310 e. The second kappa shape index (κ2) is 18.4. The molecule has 17 rings (SSSR count). The molecule has 382 valence electrons. The molecule has 0 fully saturated rings. The Hall–Kier alpha value is -10.3. The summed E-state index contributed by atoms with van der Waals surface area (Å²) in [5, 5.41) is 5.07. The molecule has 2 heterocycles. The van der Waals surface area contributed by atoms with E-state index in [0.29, 0.717) is 0 Å². The van der Waals surface area contributed by atoms with Gasteiger partial charge in [-0.2, -0.15) is 0 Å². The average Bonchev–Trinajstić information content (AvgIpc) is 1.74. The fourth-order valence-corrected chi connectivity index (χ4v) is 15.4. The molecular weight excluding hydrogens is 1010 g/mol. The second-order valence-corrected chi connectivity index (χ2v) is 22.9. The summed E-state index contributed by atoms with van der Waals surface area (Å²) < 4.78 is 5.02. The van der Waals surface area contributed by atoms with E-state index in [-0.39, 0.29) is 0 Å². The Morgan fingerprint density at radius 3 is 1.54 bits per heavy atom. The van der Waals surface area contributed by atoms with Gasteiger partial charge < -0.3 is 9.47 Å². The number of benzene rings is 13. The zero-order valence-electron chi connectivity index (χ0n) is 44.7. The van der Waals surface area contributed by atoms with Gasteiger partial charge in [0.15, 0.2) is 0 Å². The Balaban J connectivity index is 0.872. The van der Waals surface area contributed by atoms with Gasteiger partial charge in [-0.05, 0) is 162 Å². The predicted molar refractivity (Wildman–Crippen MR) is 346 cm³/mol. The Bertz CT molecular complexity index is 4980. The third-order valence-corrected chi connectivity index (χ3v) is 18.8. The van der Waals surface area contributed by atoms with Gasteiger partial charge in [0.25, 0.3) is 0 Å². The van der Waals surface area contributed by atoms with E-state index >= 15 is 0 Å². The maximum Gasteiger partial charge on any atom is 0.0726 e. The molecule has 3 heteroatoms. The van der Waals surface area contributed by atoms with Crippen molar-refractivity contribution in [3.05, 3.63) is 326 Å². The van der Waals surface area contributed by atoms with Crippen LogP contribution >= 0.6 is 11.3 Å². The van der Waals surface area contributed by atoms with Crippen LogP contribution in [0.1, 0.15) is 22.3 Å². The first-order valence-electron chi connectivity index (χ1n) is 28.3. The van der Waals surface area contributed by atoms with Crippen LogP contribution in [0.15, 0.2) is 303 Å². The van der Waals surface area contributed by atoms with Crippen molar-refractivity contribution in [3.63, 3.8) is 0 Å². The molecule has 0 N–H and O–H groups in total. The van der Waals surface area contributed by atoms with Gasteiger partial charge in [0, 0.05) is 53.6 Å². The quantitative estimate of drug-likeness (QED) is 0.147. The average molecular weight is 1060 g/mol. The molecule has 0 saturated heterocycles. The van der Waals surface area contributed by atoms with Crippen molar-refractivity contribution in [2.45, 2.75) is 5.41 Å². The highest BCUT2D eigenvalue weighted by Gasteiger charge is 2.51. The van der Waals surface area contributed by atoms with E-state index in [1.807, 2.05) is 11.3 Å². The van der Waals surface area contributed by atoms with E-state index in [4.69, 9.17) is 0 Å². The van der Waals surface area contributed by atoms with Crippen molar-refractivity contribution in [1.29, 1.82) is 0 Å². The van der Waals surface area contributed by atoms with Crippen LogP contribution in [-0.2, 0) is 5.41 Å². The van der Waals surface area contributed by atoms with E-state index < -0.39 is 5.41 Å². The number of para-hydroxylation sites is 3. The van der Waals surface area contributed by atoms with Crippen LogP contribution in [0.2, 0.25) is 0 Å². The predicted octanol–water partition coefficient (Wildman–Crippen LogP) is 21.6. The minimum absolute atomic E-state index is 0.479. The first-order valence-corrected chi connectivity index (χ1v) is 29.1. The molecule has 2 aromatic heterocycles. The molecule has 0 radical (unpaired) electrons. The summed E-state index contributed by atoms with van der Waals surface area (Å²) in [4.78, 5) is 2.49. The molecule has 82 heavy (non-hydrogen) atoms. The summed E-state index contributed by atoms with van der Waals surface area (Å²) in [5.41, 5.74) is 26.3. The lowest BCUT2D eigenvalue weighted by Crippen LogP contribution is -2.26. The summed E-state index contributed by atoms with van der Waals surface area (Å²) in [7, 11) is 0. The molecule has 15 aromatic rings. The van der Waals surface area contributed by atoms with Gasteiger partial charge in [-0.3, -0.25) is 0 Å². The summed E-state index contributed by atoms with van der Waals surface area (Å²) in [6.07, 6.45) is 0.